The Kier molecular flexibility index (Phi) is 4.89. The number of nitrogens with two attached hydrogens (primary N) is 1. The Balaban J connectivity index is 2.49. The van der Waals surface area contributed by atoms with E-state index in [2.05, 4.69) is 38.0 Å². The second-order valence-corrected chi connectivity index (χ2v) is 5.75. The zero-order valence-electron chi connectivity index (χ0n) is 10.7. The minimum atomic E-state index is -0.0828. The SMILES string of the molecule is CCC(N)(CC)CNC(C)c1ncc(C)s1. The summed E-state index contributed by atoms with van der Waals surface area (Å²) >= 11 is 1.75. The van der Waals surface area contributed by atoms with Crippen LogP contribution in [0.2, 0.25) is 0 Å². The van der Waals surface area contributed by atoms with Gasteiger partial charge in [-0.05, 0) is 26.7 Å². The maximum atomic E-state index is 6.25. The van der Waals surface area contributed by atoms with Gasteiger partial charge >= 0.3 is 0 Å². The molecule has 3 N–H and O–H groups in total. The third-order valence-electron chi connectivity index (χ3n) is 3.18. The van der Waals surface area contributed by atoms with Gasteiger partial charge in [-0.25, -0.2) is 4.98 Å². The Labute approximate surface area is 102 Å². The van der Waals surface area contributed by atoms with Crippen LogP contribution < -0.4 is 11.1 Å². The third kappa shape index (κ3) is 3.54. The van der Waals surface area contributed by atoms with E-state index in [4.69, 9.17) is 5.73 Å². The van der Waals surface area contributed by atoms with Gasteiger partial charge in [0.1, 0.15) is 5.01 Å². The van der Waals surface area contributed by atoms with Crippen molar-refractivity contribution in [2.75, 3.05) is 6.54 Å². The lowest BCUT2D eigenvalue weighted by molar-refractivity contribution is 0.353. The molecule has 1 unspecified atom stereocenters. The fraction of sp³-hybridized carbons (Fsp3) is 0.750. The molecule has 0 fully saturated rings. The van der Waals surface area contributed by atoms with E-state index < -0.39 is 0 Å². The number of thiazole rings is 1. The summed E-state index contributed by atoms with van der Waals surface area (Å²) in [7, 11) is 0. The van der Waals surface area contributed by atoms with Gasteiger partial charge in [0.05, 0.1) is 6.04 Å². The number of hydrogen-bond donors (Lipinski definition) is 2. The van der Waals surface area contributed by atoms with Crippen molar-refractivity contribution in [3.63, 3.8) is 0 Å². The van der Waals surface area contributed by atoms with Crippen molar-refractivity contribution in [1.29, 1.82) is 0 Å². The van der Waals surface area contributed by atoms with Crippen LogP contribution in [0.1, 0.15) is 49.5 Å². The second kappa shape index (κ2) is 5.75. The number of rotatable bonds is 6. The molecule has 0 amide bonds. The molecular weight excluding hydrogens is 218 g/mol. The van der Waals surface area contributed by atoms with Gasteiger partial charge in [0, 0.05) is 23.2 Å². The van der Waals surface area contributed by atoms with Crippen LogP contribution in [0.25, 0.3) is 0 Å². The largest absolute Gasteiger partial charge is 0.324 e. The molecule has 1 heterocycles. The normalized spacial score (nSPS) is 14.1. The molecule has 1 aromatic rings. The van der Waals surface area contributed by atoms with Gasteiger partial charge in [0.25, 0.3) is 0 Å². The number of nitrogens with zero attached hydrogens (tertiary/aromatic N) is 1. The van der Waals surface area contributed by atoms with E-state index >= 15 is 0 Å². The van der Waals surface area contributed by atoms with Gasteiger partial charge in [0.15, 0.2) is 0 Å². The fourth-order valence-corrected chi connectivity index (χ4v) is 2.32. The number of nitrogens with one attached hydrogen (secondary N) is 1. The van der Waals surface area contributed by atoms with Crippen LogP contribution in [0.4, 0.5) is 0 Å². The van der Waals surface area contributed by atoms with Crippen molar-refractivity contribution in [2.24, 2.45) is 5.73 Å². The van der Waals surface area contributed by atoms with Crippen molar-refractivity contribution >= 4 is 11.3 Å². The summed E-state index contributed by atoms with van der Waals surface area (Å²) in [5.74, 6) is 0. The monoisotopic (exact) mass is 241 g/mol. The Hall–Kier alpha value is -0.450. The maximum Gasteiger partial charge on any atom is 0.109 e. The summed E-state index contributed by atoms with van der Waals surface area (Å²) in [5, 5.41) is 4.62. The van der Waals surface area contributed by atoms with E-state index in [1.54, 1.807) is 11.3 Å². The molecule has 4 heteroatoms. The summed E-state index contributed by atoms with van der Waals surface area (Å²) in [6, 6.07) is 0.291. The summed E-state index contributed by atoms with van der Waals surface area (Å²) in [6.07, 6.45) is 3.92. The average Bonchev–Trinajstić information content (AvgIpc) is 2.72. The molecule has 0 aliphatic rings. The highest BCUT2D eigenvalue weighted by atomic mass is 32.1. The highest BCUT2D eigenvalue weighted by molar-refractivity contribution is 7.11. The zero-order chi connectivity index (χ0) is 12.2. The van der Waals surface area contributed by atoms with Crippen LogP contribution >= 0.6 is 11.3 Å². The molecule has 0 saturated carbocycles. The Morgan fingerprint density at radius 1 is 1.50 bits per heavy atom. The summed E-state index contributed by atoms with van der Waals surface area (Å²) in [5.41, 5.74) is 6.17. The first-order chi connectivity index (χ1) is 7.50. The number of aryl methyl sites for hydroxylation is 1. The lowest BCUT2D eigenvalue weighted by atomic mass is 9.94. The molecule has 92 valence electrons. The second-order valence-electron chi connectivity index (χ2n) is 4.48. The number of hydrogen-bond acceptors (Lipinski definition) is 4. The molecule has 3 nitrogen and oxygen atoms in total. The van der Waals surface area contributed by atoms with E-state index in [-0.39, 0.29) is 5.54 Å². The fourth-order valence-electron chi connectivity index (χ4n) is 1.52. The number of aromatic nitrogens is 1. The van der Waals surface area contributed by atoms with Gasteiger partial charge in [-0.3, -0.25) is 0 Å². The molecule has 0 aromatic carbocycles. The van der Waals surface area contributed by atoms with Gasteiger partial charge in [-0.2, -0.15) is 0 Å². The van der Waals surface area contributed by atoms with Gasteiger partial charge in [-0.15, -0.1) is 11.3 Å². The molecule has 0 aliphatic heterocycles. The predicted octanol–water partition coefficient (Wildman–Crippen LogP) is 2.62. The van der Waals surface area contributed by atoms with Crippen LogP contribution in [-0.2, 0) is 0 Å². The van der Waals surface area contributed by atoms with Crippen LogP contribution in [0.3, 0.4) is 0 Å². The topological polar surface area (TPSA) is 50.9 Å². The zero-order valence-corrected chi connectivity index (χ0v) is 11.5. The van der Waals surface area contributed by atoms with E-state index in [1.165, 1.54) is 4.88 Å². The van der Waals surface area contributed by atoms with Crippen molar-refractivity contribution in [3.05, 3.63) is 16.1 Å². The van der Waals surface area contributed by atoms with Crippen molar-refractivity contribution in [2.45, 2.75) is 52.1 Å². The van der Waals surface area contributed by atoms with E-state index in [0.717, 1.165) is 24.4 Å². The molecule has 1 atom stereocenters. The Morgan fingerprint density at radius 3 is 2.56 bits per heavy atom. The van der Waals surface area contributed by atoms with E-state index in [1.807, 2.05) is 6.20 Å². The van der Waals surface area contributed by atoms with Gasteiger partial charge in [-0.1, -0.05) is 13.8 Å². The molecule has 1 rings (SSSR count). The van der Waals surface area contributed by atoms with Crippen molar-refractivity contribution in [3.8, 4) is 0 Å². The predicted molar refractivity (Wildman–Crippen MR) is 70.8 cm³/mol. The molecular formula is C12H23N3S. The Morgan fingerprint density at radius 2 is 2.12 bits per heavy atom. The smallest absolute Gasteiger partial charge is 0.109 e. The summed E-state index contributed by atoms with van der Waals surface area (Å²) < 4.78 is 0. The first kappa shape index (κ1) is 13.6. The van der Waals surface area contributed by atoms with Gasteiger partial charge in [0.2, 0.25) is 0 Å². The average molecular weight is 241 g/mol. The quantitative estimate of drug-likeness (QED) is 0.805. The highest BCUT2D eigenvalue weighted by Gasteiger charge is 2.21. The standard InChI is InChI=1S/C12H23N3S/c1-5-12(13,6-2)8-15-10(4)11-14-7-9(3)16-11/h7,10,15H,5-6,8,13H2,1-4H3. The van der Waals surface area contributed by atoms with Crippen molar-refractivity contribution in [1.82, 2.24) is 10.3 Å². The minimum Gasteiger partial charge on any atom is -0.324 e. The summed E-state index contributed by atoms with van der Waals surface area (Å²) in [6.45, 7) is 9.36. The van der Waals surface area contributed by atoms with Gasteiger partial charge < -0.3 is 11.1 Å². The highest BCUT2D eigenvalue weighted by Crippen LogP contribution is 2.20. The first-order valence-electron chi connectivity index (χ1n) is 5.95. The van der Waals surface area contributed by atoms with Crippen LogP contribution in [0.5, 0.6) is 0 Å². The third-order valence-corrected chi connectivity index (χ3v) is 4.27. The lowest BCUT2D eigenvalue weighted by Crippen LogP contribution is -2.48. The van der Waals surface area contributed by atoms with E-state index in [0.29, 0.717) is 6.04 Å². The van der Waals surface area contributed by atoms with Crippen molar-refractivity contribution < 1.29 is 0 Å². The maximum absolute atomic E-state index is 6.25. The molecule has 0 bridgehead atoms. The van der Waals surface area contributed by atoms with Crippen LogP contribution in [-0.4, -0.2) is 17.1 Å². The van der Waals surface area contributed by atoms with Crippen LogP contribution in [0.15, 0.2) is 6.20 Å². The summed E-state index contributed by atoms with van der Waals surface area (Å²) in [4.78, 5) is 5.64. The van der Waals surface area contributed by atoms with Crippen LogP contribution in [0, 0.1) is 6.92 Å². The molecule has 0 saturated heterocycles. The molecule has 16 heavy (non-hydrogen) atoms. The first-order valence-corrected chi connectivity index (χ1v) is 6.77. The molecule has 1 aromatic heterocycles. The van der Waals surface area contributed by atoms with E-state index in [9.17, 15) is 0 Å². The molecule has 0 spiro atoms. The molecule has 0 aliphatic carbocycles. The lowest BCUT2D eigenvalue weighted by Gasteiger charge is -2.28. The minimum absolute atomic E-state index is 0.0828. The molecule has 0 radical (unpaired) electrons. The Bertz CT molecular complexity index is 318.